The van der Waals surface area contributed by atoms with Crippen LogP contribution in [0.5, 0.6) is 5.75 Å². The second kappa shape index (κ2) is 7.83. The molecule has 28 heavy (non-hydrogen) atoms. The topological polar surface area (TPSA) is 66.1 Å². The van der Waals surface area contributed by atoms with Gasteiger partial charge < -0.3 is 19.5 Å². The van der Waals surface area contributed by atoms with Gasteiger partial charge in [-0.15, -0.1) is 0 Å². The van der Waals surface area contributed by atoms with Crippen LogP contribution >= 0.6 is 0 Å². The Kier molecular flexibility index (Phi) is 5.26. The number of rotatable bonds is 5. The number of methoxy groups -OCH3 is 1. The lowest BCUT2D eigenvalue weighted by atomic mass is 9.96. The Balaban J connectivity index is 1.34. The van der Waals surface area contributed by atoms with Crippen LogP contribution in [0.2, 0.25) is 0 Å². The molecule has 2 aromatic rings. The molecule has 7 heteroatoms. The van der Waals surface area contributed by atoms with Gasteiger partial charge in [-0.1, -0.05) is 30.3 Å². The summed E-state index contributed by atoms with van der Waals surface area (Å²) in [5.74, 6) is 1.95. The number of guanidine groups is 1. The zero-order valence-corrected chi connectivity index (χ0v) is 16.9. The summed E-state index contributed by atoms with van der Waals surface area (Å²) in [6.45, 7) is 7.02. The molecule has 1 saturated carbocycles. The molecule has 2 atom stereocenters. The number of piperazine rings is 1. The summed E-state index contributed by atoms with van der Waals surface area (Å²) in [6, 6.07) is 10.6. The van der Waals surface area contributed by atoms with Crippen LogP contribution in [0.4, 0.5) is 0 Å². The Morgan fingerprint density at radius 1 is 1.29 bits per heavy atom. The van der Waals surface area contributed by atoms with E-state index in [-0.39, 0.29) is 5.41 Å². The van der Waals surface area contributed by atoms with Crippen molar-refractivity contribution < 1.29 is 9.26 Å². The lowest BCUT2D eigenvalue weighted by Crippen LogP contribution is -2.53. The van der Waals surface area contributed by atoms with Gasteiger partial charge in [-0.25, -0.2) is 0 Å². The largest absolute Gasteiger partial charge is 0.496 e. The molecule has 2 fully saturated rings. The highest BCUT2D eigenvalue weighted by Crippen LogP contribution is 2.51. The van der Waals surface area contributed by atoms with Crippen LogP contribution in [-0.2, 0) is 12.0 Å². The number of nitrogens with one attached hydrogen (secondary N) is 1. The van der Waals surface area contributed by atoms with Crippen molar-refractivity contribution in [1.29, 1.82) is 0 Å². The van der Waals surface area contributed by atoms with Crippen molar-refractivity contribution in [2.45, 2.75) is 31.3 Å². The van der Waals surface area contributed by atoms with E-state index in [2.05, 4.69) is 44.3 Å². The maximum absolute atomic E-state index is 5.58. The van der Waals surface area contributed by atoms with Crippen LogP contribution < -0.4 is 10.1 Å². The van der Waals surface area contributed by atoms with Crippen molar-refractivity contribution >= 4 is 5.96 Å². The molecular formula is C21H29N5O2. The molecule has 0 radical (unpaired) electrons. The lowest BCUT2D eigenvalue weighted by molar-refractivity contribution is 0.169. The first kappa shape index (κ1) is 18.8. The van der Waals surface area contributed by atoms with Gasteiger partial charge in [0.05, 0.1) is 12.8 Å². The first-order valence-corrected chi connectivity index (χ1v) is 9.87. The third kappa shape index (κ3) is 3.71. The number of aliphatic imine (C=N–C) groups is 1. The van der Waals surface area contributed by atoms with Crippen molar-refractivity contribution in [3.8, 4) is 5.75 Å². The second-order valence-electron chi connectivity index (χ2n) is 7.82. The lowest BCUT2D eigenvalue weighted by Gasteiger charge is -2.36. The first-order valence-electron chi connectivity index (χ1n) is 9.87. The normalized spacial score (nSPS) is 25.6. The molecule has 2 heterocycles. The number of aromatic nitrogens is 1. The third-order valence-electron chi connectivity index (χ3n) is 6.02. The number of hydrogen-bond donors (Lipinski definition) is 1. The molecule has 1 aliphatic heterocycles. The minimum atomic E-state index is 0.0807. The van der Waals surface area contributed by atoms with Crippen molar-refractivity contribution in [2.75, 3.05) is 40.3 Å². The minimum absolute atomic E-state index is 0.0807. The molecule has 7 nitrogen and oxygen atoms in total. The summed E-state index contributed by atoms with van der Waals surface area (Å²) in [5, 5.41) is 7.70. The van der Waals surface area contributed by atoms with E-state index in [1.165, 1.54) is 5.56 Å². The van der Waals surface area contributed by atoms with Gasteiger partial charge in [0, 0.05) is 62.9 Å². The van der Waals surface area contributed by atoms with Gasteiger partial charge in [0.1, 0.15) is 12.0 Å². The molecule has 1 N–H and O–H groups in total. The minimum Gasteiger partial charge on any atom is -0.496 e. The molecule has 1 saturated heterocycles. The van der Waals surface area contributed by atoms with Gasteiger partial charge in [0.25, 0.3) is 0 Å². The van der Waals surface area contributed by atoms with Crippen LogP contribution in [0.1, 0.15) is 24.6 Å². The van der Waals surface area contributed by atoms with Crippen molar-refractivity contribution in [3.05, 3.63) is 47.9 Å². The second-order valence-corrected chi connectivity index (χ2v) is 7.82. The Morgan fingerprint density at radius 2 is 2.07 bits per heavy atom. The molecule has 0 spiro atoms. The third-order valence-corrected chi connectivity index (χ3v) is 6.02. The summed E-state index contributed by atoms with van der Waals surface area (Å²) in [5.41, 5.74) is 2.33. The summed E-state index contributed by atoms with van der Waals surface area (Å²) in [7, 11) is 3.61. The van der Waals surface area contributed by atoms with Gasteiger partial charge in [0.2, 0.25) is 0 Å². The highest BCUT2D eigenvalue weighted by Gasteiger charge is 2.53. The SMILES string of the molecule is CN=C(NC1CC1(C)c1ccccc1OC)N1CCN(Cc2ccon2)CC1. The fourth-order valence-electron chi connectivity index (χ4n) is 4.11. The molecular weight excluding hydrogens is 354 g/mol. The van der Waals surface area contributed by atoms with Crippen LogP contribution in [0, 0.1) is 0 Å². The van der Waals surface area contributed by atoms with E-state index in [1.54, 1.807) is 13.4 Å². The molecule has 0 bridgehead atoms. The maximum atomic E-state index is 5.58. The monoisotopic (exact) mass is 383 g/mol. The number of benzene rings is 1. The molecule has 2 aliphatic rings. The highest BCUT2D eigenvalue weighted by molar-refractivity contribution is 5.81. The molecule has 150 valence electrons. The Bertz CT molecular complexity index is 814. The van der Waals surface area contributed by atoms with Gasteiger partial charge >= 0.3 is 0 Å². The number of para-hydroxylation sites is 1. The highest BCUT2D eigenvalue weighted by atomic mass is 16.5. The number of nitrogens with zero attached hydrogens (tertiary/aromatic N) is 4. The average Bonchev–Trinajstić information content (AvgIpc) is 3.12. The zero-order valence-electron chi connectivity index (χ0n) is 16.9. The van der Waals surface area contributed by atoms with E-state index in [1.807, 2.05) is 25.2 Å². The van der Waals surface area contributed by atoms with E-state index in [0.29, 0.717) is 6.04 Å². The van der Waals surface area contributed by atoms with Crippen LogP contribution in [-0.4, -0.2) is 67.3 Å². The average molecular weight is 383 g/mol. The van der Waals surface area contributed by atoms with E-state index in [9.17, 15) is 0 Å². The van der Waals surface area contributed by atoms with Crippen LogP contribution in [0.15, 0.2) is 46.1 Å². The first-order chi connectivity index (χ1) is 13.6. The fourth-order valence-corrected chi connectivity index (χ4v) is 4.11. The van der Waals surface area contributed by atoms with E-state index >= 15 is 0 Å². The summed E-state index contributed by atoms with van der Waals surface area (Å²) in [4.78, 5) is 9.30. The number of ether oxygens (including phenoxy) is 1. The van der Waals surface area contributed by atoms with Crippen molar-refractivity contribution in [3.63, 3.8) is 0 Å². The van der Waals surface area contributed by atoms with E-state index in [4.69, 9.17) is 9.26 Å². The van der Waals surface area contributed by atoms with Crippen molar-refractivity contribution in [1.82, 2.24) is 20.3 Å². The quantitative estimate of drug-likeness (QED) is 0.630. The van der Waals surface area contributed by atoms with Gasteiger partial charge in [-0.05, 0) is 12.5 Å². The summed E-state index contributed by atoms with van der Waals surface area (Å²) >= 11 is 0. The number of hydrogen-bond acceptors (Lipinski definition) is 5. The predicted octanol–water partition coefficient (Wildman–Crippen LogP) is 2.11. The van der Waals surface area contributed by atoms with Gasteiger partial charge in [-0.2, -0.15) is 0 Å². The summed E-state index contributed by atoms with van der Waals surface area (Å²) in [6.07, 6.45) is 2.71. The van der Waals surface area contributed by atoms with E-state index in [0.717, 1.165) is 56.5 Å². The molecule has 1 aromatic heterocycles. The van der Waals surface area contributed by atoms with Gasteiger partial charge in [0.15, 0.2) is 5.96 Å². The predicted molar refractivity (Wildman–Crippen MR) is 109 cm³/mol. The Hall–Kier alpha value is -2.54. The standard InChI is InChI=1S/C21H29N5O2/c1-21(17-6-4-5-7-18(17)27-3)14-19(21)23-20(22-2)26-11-9-25(10-12-26)15-16-8-13-28-24-16/h4-8,13,19H,9-12,14-15H2,1-3H3,(H,22,23). The van der Waals surface area contributed by atoms with Crippen LogP contribution in [0.3, 0.4) is 0 Å². The van der Waals surface area contributed by atoms with Crippen LogP contribution in [0.25, 0.3) is 0 Å². The Labute approximate surface area is 166 Å². The smallest absolute Gasteiger partial charge is 0.193 e. The molecule has 1 aliphatic carbocycles. The van der Waals surface area contributed by atoms with E-state index < -0.39 is 0 Å². The van der Waals surface area contributed by atoms with Gasteiger partial charge in [-0.3, -0.25) is 9.89 Å². The Morgan fingerprint density at radius 3 is 2.75 bits per heavy atom. The molecule has 1 aromatic carbocycles. The molecule has 2 unspecified atom stereocenters. The fraction of sp³-hybridized carbons (Fsp3) is 0.524. The molecule has 4 rings (SSSR count). The maximum Gasteiger partial charge on any atom is 0.193 e. The zero-order chi connectivity index (χ0) is 19.6. The molecule has 0 amide bonds. The summed E-state index contributed by atoms with van der Waals surface area (Å²) < 4.78 is 10.5. The van der Waals surface area contributed by atoms with Crippen molar-refractivity contribution in [2.24, 2.45) is 4.99 Å².